The van der Waals surface area contributed by atoms with E-state index in [0.717, 1.165) is 30.0 Å². The minimum absolute atomic E-state index is 0.0519. The predicted molar refractivity (Wildman–Crippen MR) is 120 cm³/mol. The Labute approximate surface area is 176 Å². The summed E-state index contributed by atoms with van der Waals surface area (Å²) in [5, 5.41) is 10.1. The first kappa shape index (κ1) is 21.0. The highest BCUT2D eigenvalue weighted by Crippen LogP contribution is 2.18. The average molecular weight is 410 g/mol. The second-order valence-electron chi connectivity index (χ2n) is 7.42. The molecule has 0 saturated heterocycles. The van der Waals surface area contributed by atoms with Crippen LogP contribution < -0.4 is 5.32 Å². The number of aromatic nitrogens is 3. The zero-order valence-corrected chi connectivity index (χ0v) is 17.9. The Morgan fingerprint density at radius 2 is 1.83 bits per heavy atom. The van der Waals surface area contributed by atoms with Gasteiger partial charge >= 0.3 is 0 Å². The Hall–Kier alpha value is -2.77. The van der Waals surface area contributed by atoms with Gasteiger partial charge in [-0.2, -0.15) is 5.10 Å². The van der Waals surface area contributed by atoms with Gasteiger partial charge in [0.1, 0.15) is 0 Å². The lowest BCUT2D eigenvalue weighted by atomic mass is 10.1. The molecule has 6 nitrogen and oxygen atoms in total. The lowest BCUT2D eigenvalue weighted by Gasteiger charge is -2.10. The Balaban J connectivity index is 1.59. The molecule has 7 heteroatoms. The summed E-state index contributed by atoms with van der Waals surface area (Å²) in [6.07, 6.45) is 1.30. The van der Waals surface area contributed by atoms with Gasteiger partial charge in [0.05, 0.1) is 0 Å². The first-order valence-electron chi connectivity index (χ1n) is 9.68. The smallest absolute Gasteiger partial charge is 0.226 e. The number of aromatic amines is 1. The second kappa shape index (κ2) is 9.62. The van der Waals surface area contributed by atoms with Gasteiger partial charge in [0, 0.05) is 30.8 Å². The molecule has 3 aromatic rings. The molecule has 1 heterocycles. The topological polar surface area (TPSA) is 66.0 Å². The molecule has 0 spiro atoms. The summed E-state index contributed by atoms with van der Waals surface area (Å²) < 4.78 is 2.38. The molecule has 29 heavy (non-hydrogen) atoms. The summed E-state index contributed by atoms with van der Waals surface area (Å²) in [5.74, 6) is 0.692. The van der Waals surface area contributed by atoms with E-state index >= 15 is 0 Å². The Morgan fingerprint density at radius 1 is 1.14 bits per heavy atom. The van der Waals surface area contributed by atoms with Gasteiger partial charge in [0.2, 0.25) is 5.91 Å². The Kier molecular flexibility index (Phi) is 6.95. The van der Waals surface area contributed by atoms with E-state index in [9.17, 15) is 4.79 Å². The SMILES string of the molecule is Cc1ccc(-c2n[nH]c(=S)n2CCC(=O)Nc2ccc(CCN(C)C)cc2)cc1. The number of nitrogens with zero attached hydrogens (tertiary/aromatic N) is 3. The number of benzene rings is 2. The summed E-state index contributed by atoms with van der Waals surface area (Å²) in [6.45, 7) is 3.51. The molecule has 0 saturated carbocycles. The number of hydrogen-bond donors (Lipinski definition) is 2. The van der Waals surface area contributed by atoms with Crippen molar-refractivity contribution in [2.75, 3.05) is 26.0 Å². The molecule has 0 aliphatic rings. The third kappa shape index (κ3) is 5.85. The van der Waals surface area contributed by atoms with Crippen LogP contribution in [0.2, 0.25) is 0 Å². The minimum Gasteiger partial charge on any atom is -0.326 e. The number of rotatable bonds is 8. The number of H-pyrrole nitrogens is 1. The van der Waals surface area contributed by atoms with Crippen molar-refractivity contribution in [3.63, 3.8) is 0 Å². The maximum Gasteiger partial charge on any atom is 0.226 e. The van der Waals surface area contributed by atoms with E-state index in [1.807, 2.05) is 47.9 Å². The molecule has 0 aliphatic heterocycles. The Morgan fingerprint density at radius 3 is 2.48 bits per heavy atom. The maximum atomic E-state index is 12.4. The number of hydrogen-bond acceptors (Lipinski definition) is 4. The number of carbonyl (C=O) groups is 1. The van der Waals surface area contributed by atoms with Crippen molar-refractivity contribution in [3.8, 4) is 11.4 Å². The maximum absolute atomic E-state index is 12.4. The number of aryl methyl sites for hydroxylation is 1. The van der Waals surface area contributed by atoms with Gasteiger partial charge in [-0.15, -0.1) is 0 Å². The van der Waals surface area contributed by atoms with Crippen LogP contribution in [0, 0.1) is 11.7 Å². The summed E-state index contributed by atoms with van der Waals surface area (Å²) in [5.41, 5.74) is 4.21. The highest BCUT2D eigenvalue weighted by atomic mass is 32.1. The number of anilines is 1. The molecule has 1 amide bonds. The molecule has 2 aromatic carbocycles. The van der Waals surface area contributed by atoms with Crippen LogP contribution in [0.4, 0.5) is 5.69 Å². The third-order valence-electron chi connectivity index (χ3n) is 4.72. The van der Waals surface area contributed by atoms with Gasteiger partial charge in [-0.3, -0.25) is 14.5 Å². The van der Waals surface area contributed by atoms with Crippen molar-refractivity contribution in [2.45, 2.75) is 26.3 Å². The molecule has 152 valence electrons. The summed E-state index contributed by atoms with van der Waals surface area (Å²) in [4.78, 5) is 14.6. The normalized spacial score (nSPS) is 11.0. The number of nitrogens with one attached hydrogen (secondary N) is 2. The van der Waals surface area contributed by atoms with E-state index in [4.69, 9.17) is 12.2 Å². The molecular weight excluding hydrogens is 382 g/mol. The lowest BCUT2D eigenvalue weighted by molar-refractivity contribution is -0.116. The fraction of sp³-hybridized carbons (Fsp3) is 0.318. The van der Waals surface area contributed by atoms with Crippen molar-refractivity contribution >= 4 is 23.8 Å². The molecule has 0 bridgehead atoms. The van der Waals surface area contributed by atoms with E-state index in [-0.39, 0.29) is 5.91 Å². The third-order valence-corrected chi connectivity index (χ3v) is 5.03. The van der Waals surface area contributed by atoms with Crippen LogP contribution >= 0.6 is 12.2 Å². The summed E-state index contributed by atoms with van der Waals surface area (Å²) >= 11 is 5.35. The fourth-order valence-electron chi connectivity index (χ4n) is 2.99. The first-order valence-corrected chi connectivity index (χ1v) is 10.1. The van der Waals surface area contributed by atoms with Crippen LogP contribution in [0.25, 0.3) is 11.4 Å². The van der Waals surface area contributed by atoms with E-state index in [1.165, 1.54) is 11.1 Å². The predicted octanol–water partition coefficient (Wildman–Crippen LogP) is 4.05. The summed E-state index contributed by atoms with van der Waals surface area (Å²) in [6, 6.07) is 16.1. The lowest BCUT2D eigenvalue weighted by Crippen LogP contribution is -2.16. The van der Waals surface area contributed by atoms with Crippen LogP contribution in [-0.2, 0) is 17.8 Å². The molecule has 0 unspecified atom stereocenters. The van der Waals surface area contributed by atoms with Gasteiger partial charge in [0.25, 0.3) is 0 Å². The van der Waals surface area contributed by atoms with Gasteiger partial charge < -0.3 is 10.2 Å². The fourth-order valence-corrected chi connectivity index (χ4v) is 3.22. The van der Waals surface area contributed by atoms with Crippen LogP contribution in [0.5, 0.6) is 0 Å². The first-order chi connectivity index (χ1) is 13.9. The van der Waals surface area contributed by atoms with Gasteiger partial charge in [-0.25, -0.2) is 0 Å². The van der Waals surface area contributed by atoms with E-state index < -0.39 is 0 Å². The molecule has 3 rings (SSSR count). The van der Waals surface area contributed by atoms with E-state index in [1.54, 1.807) is 0 Å². The van der Waals surface area contributed by atoms with Crippen molar-refractivity contribution in [1.82, 2.24) is 19.7 Å². The number of likely N-dealkylation sites (N-methyl/N-ethyl adjacent to an activating group) is 1. The standard InChI is InChI=1S/C22H27N5OS/c1-16-4-8-18(9-5-16)21-24-25-22(29)27(21)15-13-20(28)23-19-10-6-17(7-11-19)12-14-26(2)3/h4-11H,12-15H2,1-3H3,(H,23,28)(H,25,29). The Bertz CT molecular complexity index is 1000. The molecule has 0 radical (unpaired) electrons. The van der Waals surface area contributed by atoms with Gasteiger partial charge in [-0.1, -0.05) is 42.0 Å². The van der Waals surface area contributed by atoms with Crippen molar-refractivity contribution in [2.24, 2.45) is 0 Å². The highest BCUT2D eigenvalue weighted by Gasteiger charge is 2.11. The van der Waals surface area contributed by atoms with Crippen LogP contribution in [-0.4, -0.2) is 46.2 Å². The van der Waals surface area contributed by atoms with E-state index in [2.05, 4.69) is 46.6 Å². The van der Waals surface area contributed by atoms with E-state index in [0.29, 0.717) is 17.7 Å². The quantitative estimate of drug-likeness (QED) is 0.551. The zero-order chi connectivity index (χ0) is 20.8. The number of carbonyl (C=O) groups excluding carboxylic acids is 1. The van der Waals surface area contributed by atoms with Crippen LogP contribution in [0.3, 0.4) is 0 Å². The molecular formula is C22H27N5OS. The number of amides is 1. The average Bonchev–Trinajstić information content (AvgIpc) is 3.07. The van der Waals surface area contributed by atoms with Crippen molar-refractivity contribution < 1.29 is 4.79 Å². The van der Waals surface area contributed by atoms with Crippen LogP contribution in [0.1, 0.15) is 17.5 Å². The van der Waals surface area contributed by atoms with Gasteiger partial charge in [0.15, 0.2) is 10.6 Å². The van der Waals surface area contributed by atoms with Crippen LogP contribution in [0.15, 0.2) is 48.5 Å². The molecule has 0 fully saturated rings. The molecule has 0 atom stereocenters. The largest absolute Gasteiger partial charge is 0.326 e. The van der Waals surface area contributed by atoms with Crippen molar-refractivity contribution in [3.05, 3.63) is 64.4 Å². The monoisotopic (exact) mass is 409 g/mol. The highest BCUT2D eigenvalue weighted by molar-refractivity contribution is 7.71. The molecule has 2 N–H and O–H groups in total. The zero-order valence-electron chi connectivity index (χ0n) is 17.1. The van der Waals surface area contributed by atoms with Crippen molar-refractivity contribution in [1.29, 1.82) is 0 Å². The molecule has 0 aliphatic carbocycles. The molecule has 1 aromatic heterocycles. The summed E-state index contributed by atoms with van der Waals surface area (Å²) in [7, 11) is 4.12. The second-order valence-corrected chi connectivity index (χ2v) is 7.81. The minimum atomic E-state index is -0.0519. The van der Waals surface area contributed by atoms with Gasteiger partial charge in [-0.05, 0) is 57.4 Å².